The van der Waals surface area contributed by atoms with E-state index in [1.54, 1.807) is 18.3 Å². The molecule has 1 aromatic rings. The number of fused-ring (bicyclic) bond motifs is 1. The monoisotopic (exact) mass is 137 g/mol. The number of hydrogen-bond donors (Lipinski definition) is 0. The fourth-order valence-electron chi connectivity index (χ4n) is 0.724. The summed E-state index contributed by atoms with van der Waals surface area (Å²) < 4.78 is 0. The van der Waals surface area contributed by atoms with E-state index in [9.17, 15) is 4.79 Å². The summed E-state index contributed by atoms with van der Waals surface area (Å²) in [4.78, 5) is 14.6. The van der Waals surface area contributed by atoms with Crippen molar-refractivity contribution in [2.75, 3.05) is 0 Å². The van der Waals surface area contributed by atoms with Crippen LogP contribution in [0.15, 0.2) is 23.4 Å². The van der Waals surface area contributed by atoms with Gasteiger partial charge in [-0.2, -0.15) is 0 Å². The van der Waals surface area contributed by atoms with Crippen LogP contribution >= 0.6 is 11.8 Å². The highest BCUT2D eigenvalue weighted by Crippen LogP contribution is 2.34. The predicted molar refractivity (Wildman–Crippen MR) is 34.4 cm³/mol. The normalized spacial score (nSPS) is 14.4. The third kappa shape index (κ3) is 0.580. The Bertz CT molecular complexity index is 272. The van der Waals surface area contributed by atoms with Gasteiger partial charge < -0.3 is 0 Å². The first-order valence-corrected chi connectivity index (χ1v) is 3.37. The van der Waals surface area contributed by atoms with Crippen molar-refractivity contribution in [2.45, 2.75) is 5.03 Å². The van der Waals surface area contributed by atoms with Crippen LogP contribution in [0.1, 0.15) is 10.4 Å². The fourth-order valence-corrected chi connectivity index (χ4v) is 1.41. The van der Waals surface area contributed by atoms with Gasteiger partial charge in [0.15, 0.2) is 0 Å². The first kappa shape index (κ1) is 4.99. The van der Waals surface area contributed by atoms with E-state index in [0.717, 1.165) is 10.6 Å². The second kappa shape index (κ2) is 1.57. The number of pyridine rings is 1. The Morgan fingerprint density at radius 2 is 2.44 bits per heavy atom. The summed E-state index contributed by atoms with van der Waals surface area (Å²) in [5, 5.41) is 1.00. The van der Waals surface area contributed by atoms with Crippen LogP contribution in [0.2, 0.25) is 0 Å². The topological polar surface area (TPSA) is 30.0 Å². The maximum absolute atomic E-state index is 10.6. The number of rotatable bonds is 0. The molecule has 0 N–H and O–H groups in total. The molecular weight excluding hydrogens is 134 g/mol. The van der Waals surface area contributed by atoms with Gasteiger partial charge in [-0.1, -0.05) is 0 Å². The van der Waals surface area contributed by atoms with E-state index in [-0.39, 0.29) is 5.12 Å². The molecule has 1 aromatic heterocycles. The maximum atomic E-state index is 10.6. The van der Waals surface area contributed by atoms with E-state index in [0.29, 0.717) is 0 Å². The quantitative estimate of drug-likeness (QED) is 0.540. The van der Waals surface area contributed by atoms with Gasteiger partial charge in [-0.25, -0.2) is 4.98 Å². The molecule has 1 aliphatic heterocycles. The number of hydrogen-bond acceptors (Lipinski definition) is 3. The molecular formula is C6H3NOS. The Morgan fingerprint density at radius 1 is 1.56 bits per heavy atom. The SMILES string of the molecule is O=C1Sc2ncccc21. The van der Waals surface area contributed by atoms with Crippen molar-refractivity contribution in [3.63, 3.8) is 0 Å². The van der Waals surface area contributed by atoms with E-state index in [2.05, 4.69) is 4.98 Å². The molecule has 2 heterocycles. The molecule has 0 fully saturated rings. The number of nitrogens with zero attached hydrogens (tertiary/aromatic N) is 1. The highest BCUT2D eigenvalue weighted by molar-refractivity contribution is 8.16. The molecule has 0 saturated heterocycles. The van der Waals surface area contributed by atoms with Gasteiger partial charge in [0.25, 0.3) is 0 Å². The van der Waals surface area contributed by atoms with E-state index in [1.807, 2.05) is 0 Å². The largest absolute Gasteiger partial charge is 0.281 e. The van der Waals surface area contributed by atoms with Crippen LogP contribution in [-0.2, 0) is 0 Å². The summed E-state index contributed by atoms with van der Waals surface area (Å²) in [6, 6.07) is 3.57. The average Bonchev–Trinajstić information content (AvgIpc) is 1.86. The highest BCUT2D eigenvalue weighted by Gasteiger charge is 2.24. The molecule has 0 spiro atoms. The molecule has 0 aliphatic carbocycles. The highest BCUT2D eigenvalue weighted by atomic mass is 32.2. The number of aromatic nitrogens is 1. The Hall–Kier alpha value is -0.830. The van der Waals surface area contributed by atoms with Gasteiger partial charge in [-0.15, -0.1) is 0 Å². The summed E-state index contributed by atoms with van der Waals surface area (Å²) in [5.41, 5.74) is 0.766. The lowest BCUT2D eigenvalue weighted by atomic mass is 10.3. The van der Waals surface area contributed by atoms with Gasteiger partial charge in [-0.3, -0.25) is 4.79 Å². The smallest absolute Gasteiger partial charge is 0.228 e. The minimum atomic E-state index is 0.137. The van der Waals surface area contributed by atoms with E-state index in [1.165, 1.54) is 11.8 Å². The zero-order chi connectivity index (χ0) is 6.27. The van der Waals surface area contributed by atoms with E-state index >= 15 is 0 Å². The van der Waals surface area contributed by atoms with Gasteiger partial charge in [0.2, 0.25) is 5.12 Å². The summed E-state index contributed by atoms with van der Waals surface area (Å²) in [7, 11) is 0. The molecule has 0 saturated carbocycles. The lowest BCUT2D eigenvalue weighted by molar-refractivity contribution is 0.107. The number of carbonyl (C=O) groups excluding carboxylic acids is 1. The van der Waals surface area contributed by atoms with Crippen LogP contribution < -0.4 is 0 Å². The van der Waals surface area contributed by atoms with Crippen LogP contribution in [-0.4, -0.2) is 10.1 Å². The van der Waals surface area contributed by atoms with Gasteiger partial charge in [0.05, 0.1) is 5.56 Å². The minimum Gasteiger partial charge on any atom is -0.281 e. The molecule has 9 heavy (non-hydrogen) atoms. The molecule has 2 rings (SSSR count). The maximum Gasteiger partial charge on any atom is 0.228 e. The van der Waals surface area contributed by atoms with Crippen molar-refractivity contribution >= 4 is 16.9 Å². The Labute approximate surface area is 56.3 Å². The third-order valence-corrected chi connectivity index (χ3v) is 2.10. The summed E-state index contributed by atoms with van der Waals surface area (Å²) in [6.07, 6.45) is 1.69. The number of carbonyl (C=O) groups is 1. The van der Waals surface area contributed by atoms with Crippen molar-refractivity contribution < 1.29 is 4.79 Å². The van der Waals surface area contributed by atoms with Gasteiger partial charge in [0, 0.05) is 6.20 Å². The van der Waals surface area contributed by atoms with Crippen LogP contribution in [0.5, 0.6) is 0 Å². The summed E-state index contributed by atoms with van der Waals surface area (Å²) >= 11 is 1.20. The zero-order valence-electron chi connectivity index (χ0n) is 4.50. The van der Waals surface area contributed by atoms with E-state index in [4.69, 9.17) is 0 Å². The van der Waals surface area contributed by atoms with Crippen molar-refractivity contribution in [1.29, 1.82) is 0 Å². The molecule has 0 bridgehead atoms. The van der Waals surface area contributed by atoms with Crippen molar-refractivity contribution in [3.8, 4) is 0 Å². The zero-order valence-corrected chi connectivity index (χ0v) is 5.31. The van der Waals surface area contributed by atoms with Gasteiger partial charge in [0.1, 0.15) is 5.03 Å². The molecule has 0 radical (unpaired) electrons. The molecule has 0 atom stereocenters. The molecule has 2 nitrogen and oxygen atoms in total. The lowest BCUT2D eigenvalue weighted by Crippen LogP contribution is -2.07. The Balaban J connectivity index is 2.63. The standard InChI is InChI=1S/C6H3NOS/c8-6-4-2-1-3-7-5(4)9-6/h1-3H. The molecule has 0 unspecified atom stereocenters. The lowest BCUT2D eigenvalue weighted by Gasteiger charge is -2.11. The first-order valence-electron chi connectivity index (χ1n) is 2.55. The van der Waals surface area contributed by atoms with Gasteiger partial charge in [-0.05, 0) is 23.9 Å². The summed E-state index contributed by atoms with van der Waals surface area (Å²) in [5.74, 6) is 0. The molecule has 1 aliphatic rings. The molecule has 0 aromatic carbocycles. The predicted octanol–water partition coefficient (Wildman–Crippen LogP) is 1.33. The molecule has 3 heteroatoms. The first-order chi connectivity index (χ1) is 4.38. The van der Waals surface area contributed by atoms with Crippen LogP contribution in [0, 0.1) is 0 Å². The Kier molecular flexibility index (Phi) is 0.873. The number of thioether (sulfide) groups is 1. The Morgan fingerprint density at radius 3 is 3.00 bits per heavy atom. The second-order valence-corrected chi connectivity index (χ2v) is 2.71. The second-order valence-electron chi connectivity index (χ2n) is 1.75. The van der Waals surface area contributed by atoms with E-state index < -0.39 is 0 Å². The van der Waals surface area contributed by atoms with Crippen molar-refractivity contribution in [3.05, 3.63) is 23.9 Å². The van der Waals surface area contributed by atoms with Crippen molar-refractivity contribution in [1.82, 2.24) is 4.98 Å². The molecule has 0 amide bonds. The van der Waals surface area contributed by atoms with Crippen LogP contribution in [0.3, 0.4) is 0 Å². The average molecular weight is 137 g/mol. The molecule has 44 valence electrons. The van der Waals surface area contributed by atoms with Crippen LogP contribution in [0.4, 0.5) is 0 Å². The van der Waals surface area contributed by atoms with Crippen molar-refractivity contribution in [2.24, 2.45) is 0 Å². The van der Waals surface area contributed by atoms with Gasteiger partial charge >= 0.3 is 0 Å². The van der Waals surface area contributed by atoms with Crippen LogP contribution in [0.25, 0.3) is 0 Å². The fraction of sp³-hybridized carbons (Fsp3) is 0. The minimum absolute atomic E-state index is 0.137. The summed E-state index contributed by atoms with van der Waals surface area (Å²) in [6.45, 7) is 0. The third-order valence-electron chi connectivity index (χ3n) is 1.18.